The van der Waals surface area contributed by atoms with Crippen LogP contribution in [0.1, 0.15) is 68.9 Å². The van der Waals surface area contributed by atoms with Crippen LogP contribution in [0.2, 0.25) is 0 Å². The summed E-state index contributed by atoms with van der Waals surface area (Å²) in [5, 5.41) is 15.1. The van der Waals surface area contributed by atoms with Gasteiger partial charge in [0.25, 0.3) is 0 Å². The predicted octanol–water partition coefficient (Wildman–Crippen LogP) is 4.84. The van der Waals surface area contributed by atoms with Crippen LogP contribution in [0.5, 0.6) is 0 Å². The minimum atomic E-state index is -1.02. The maximum absolute atomic E-state index is 12.9. The lowest BCUT2D eigenvalue weighted by Gasteiger charge is -2.32. The third-order valence-corrected chi connectivity index (χ3v) is 7.21. The minimum absolute atomic E-state index is 0.0338. The quantitative estimate of drug-likeness (QED) is 0.478. The van der Waals surface area contributed by atoms with Crippen LogP contribution in [-0.2, 0) is 14.3 Å². The smallest absolute Gasteiger partial charge is 0.407 e. The highest BCUT2D eigenvalue weighted by Gasteiger charge is 2.35. The maximum atomic E-state index is 12.9. The van der Waals surface area contributed by atoms with Gasteiger partial charge in [-0.15, -0.1) is 0 Å². The molecule has 0 saturated heterocycles. The number of hydrogen-bond donors (Lipinski definition) is 3. The summed E-state index contributed by atoms with van der Waals surface area (Å²) in [6.45, 7) is 2.19. The number of aliphatic carboxylic acids is 1. The number of carbonyl (C=O) groups excluding carboxylic acids is 2. The molecule has 0 aliphatic heterocycles. The van der Waals surface area contributed by atoms with Crippen LogP contribution in [0.3, 0.4) is 0 Å². The molecule has 1 fully saturated rings. The largest absolute Gasteiger partial charge is 0.480 e. The van der Waals surface area contributed by atoms with Crippen molar-refractivity contribution in [1.82, 2.24) is 10.6 Å². The highest BCUT2D eigenvalue weighted by Crippen LogP contribution is 2.44. The Morgan fingerprint density at radius 3 is 2.26 bits per heavy atom. The Hall–Kier alpha value is -3.35. The van der Waals surface area contributed by atoms with Crippen LogP contribution in [0, 0.1) is 5.92 Å². The molecule has 0 heterocycles. The van der Waals surface area contributed by atoms with E-state index < -0.39 is 24.0 Å². The molecule has 3 N–H and O–H groups in total. The predicted molar refractivity (Wildman–Crippen MR) is 133 cm³/mol. The molecular formula is C28H34N2O5. The van der Waals surface area contributed by atoms with Crippen molar-refractivity contribution < 1.29 is 24.2 Å². The summed E-state index contributed by atoms with van der Waals surface area (Å²) in [4.78, 5) is 37.3. The Balaban J connectivity index is 1.37. The second kappa shape index (κ2) is 11.4. The highest BCUT2D eigenvalue weighted by molar-refractivity contribution is 5.86. The van der Waals surface area contributed by atoms with Gasteiger partial charge in [0.1, 0.15) is 12.6 Å². The Morgan fingerprint density at radius 2 is 1.63 bits per heavy atom. The van der Waals surface area contributed by atoms with E-state index >= 15 is 0 Å². The van der Waals surface area contributed by atoms with E-state index in [4.69, 9.17) is 4.74 Å². The molecule has 2 aliphatic carbocycles. The number of hydrogen-bond acceptors (Lipinski definition) is 4. The first-order valence-corrected chi connectivity index (χ1v) is 12.6. The van der Waals surface area contributed by atoms with E-state index in [0.717, 1.165) is 47.9 Å². The van der Waals surface area contributed by atoms with Gasteiger partial charge in [0.15, 0.2) is 0 Å². The van der Waals surface area contributed by atoms with Crippen LogP contribution in [0.4, 0.5) is 4.79 Å². The van der Waals surface area contributed by atoms with Crippen LogP contribution in [-0.4, -0.2) is 41.8 Å². The average Bonchev–Trinajstić information content (AvgIpc) is 3.19. The summed E-state index contributed by atoms with van der Waals surface area (Å²) in [7, 11) is 0. The number of benzene rings is 2. The van der Waals surface area contributed by atoms with Gasteiger partial charge in [0, 0.05) is 12.0 Å². The highest BCUT2D eigenvalue weighted by atomic mass is 16.5. The molecule has 0 radical (unpaired) electrons. The fraction of sp³-hybridized carbons (Fsp3) is 0.464. The van der Waals surface area contributed by atoms with Gasteiger partial charge in [-0.05, 0) is 41.5 Å². The summed E-state index contributed by atoms with van der Waals surface area (Å²) < 4.78 is 5.67. The van der Waals surface area contributed by atoms with E-state index in [1.54, 1.807) is 0 Å². The van der Waals surface area contributed by atoms with E-state index in [2.05, 4.69) is 34.9 Å². The molecule has 0 spiro atoms. The Labute approximate surface area is 206 Å². The Kier molecular flexibility index (Phi) is 8.06. The van der Waals surface area contributed by atoms with Gasteiger partial charge in [0.2, 0.25) is 5.91 Å². The summed E-state index contributed by atoms with van der Waals surface area (Å²) >= 11 is 0. The standard InChI is InChI=1S/C28H34N2O5/c1-2-3-15-25(27(32)33)29-26(31)22-14-8-9-16-24(22)30-28(34)35-17-23-20-12-6-4-10-18(20)19-11-5-7-13-21(19)23/h4-7,10-13,22-25H,2-3,8-9,14-17H2,1H3,(H,29,31)(H,30,34)(H,32,33)/t22-,24+,25-/m0/s1. The molecule has 7 nitrogen and oxygen atoms in total. The van der Waals surface area contributed by atoms with E-state index in [1.165, 1.54) is 0 Å². The monoisotopic (exact) mass is 478 g/mol. The number of rotatable bonds is 9. The molecule has 0 bridgehead atoms. The van der Waals surface area contributed by atoms with E-state index in [0.29, 0.717) is 19.3 Å². The molecular weight excluding hydrogens is 444 g/mol. The zero-order valence-corrected chi connectivity index (χ0v) is 20.2. The van der Waals surface area contributed by atoms with Crippen LogP contribution in [0.15, 0.2) is 48.5 Å². The molecule has 35 heavy (non-hydrogen) atoms. The number of amides is 2. The lowest BCUT2D eigenvalue weighted by molar-refractivity contribution is -0.143. The molecule has 186 valence electrons. The number of nitrogens with one attached hydrogen (secondary N) is 2. The van der Waals surface area contributed by atoms with Gasteiger partial charge in [-0.3, -0.25) is 4.79 Å². The summed E-state index contributed by atoms with van der Waals surface area (Å²) in [6.07, 6.45) is 4.48. The van der Waals surface area contributed by atoms with Crippen LogP contribution >= 0.6 is 0 Å². The van der Waals surface area contributed by atoms with Crippen LogP contribution < -0.4 is 10.6 Å². The molecule has 4 rings (SSSR count). The van der Waals surface area contributed by atoms with E-state index in [-0.39, 0.29) is 24.5 Å². The molecule has 7 heteroatoms. The first-order valence-electron chi connectivity index (χ1n) is 12.6. The fourth-order valence-corrected chi connectivity index (χ4v) is 5.35. The van der Waals surface area contributed by atoms with Crippen molar-refractivity contribution in [1.29, 1.82) is 0 Å². The molecule has 0 aromatic heterocycles. The molecule has 1 saturated carbocycles. The number of fused-ring (bicyclic) bond motifs is 3. The number of unbranched alkanes of at least 4 members (excludes halogenated alkanes) is 1. The molecule has 2 aromatic carbocycles. The van der Waals surface area contributed by atoms with Crippen molar-refractivity contribution in [2.75, 3.05) is 6.61 Å². The first kappa shape index (κ1) is 24.8. The molecule has 2 aliphatic rings. The minimum Gasteiger partial charge on any atom is -0.480 e. The zero-order valence-electron chi connectivity index (χ0n) is 20.2. The zero-order chi connectivity index (χ0) is 24.8. The summed E-state index contributed by atoms with van der Waals surface area (Å²) in [5.41, 5.74) is 4.61. The second-order valence-electron chi connectivity index (χ2n) is 9.51. The van der Waals surface area contributed by atoms with Crippen molar-refractivity contribution in [2.45, 2.75) is 69.9 Å². The molecule has 2 amide bonds. The SMILES string of the molecule is CCCC[C@H](NC(=O)[C@H]1CCCC[C@H]1NC(=O)OCC1c2ccccc2-c2ccccc21)C(=O)O. The Morgan fingerprint density at radius 1 is 1.00 bits per heavy atom. The third-order valence-electron chi connectivity index (χ3n) is 7.21. The van der Waals surface area contributed by atoms with Gasteiger partial charge in [-0.2, -0.15) is 0 Å². The summed E-state index contributed by atoms with van der Waals surface area (Å²) in [5.74, 6) is -1.83. The fourth-order valence-electron chi connectivity index (χ4n) is 5.35. The van der Waals surface area contributed by atoms with Crippen molar-refractivity contribution in [3.63, 3.8) is 0 Å². The topological polar surface area (TPSA) is 105 Å². The van der Waals surface area contributed by atoms with Crippen LogP contribution in [0.25, 0.3) is 11.1 Å². The number of carboxylic acid groups (broad SMARTS) is 1. The number of alkyl carbamates (subject to hydrolysis) is 1. The second-order valence-corrected chi connectivity index (χ2v) is 9.51. The maximum Gasteiger partial charge on any atom is 0.407 e. The Bertz CT molecular complexity index is 1020. The van der Waals surface area contributed by atoms with Gasteiger partial charge in [-0.1, -0.05) is 81.1 Å². The van der Waals surface area contributed by atoms with Gasteiger partial charge in [-0.25, -0.2) is 9.59 Å². The summed E-state index contributed by atoms with van der Waals surface area (Å²) in [6, 6.07) is 15.0. The normalized spacial score (nSPS) is 19.8. The van der Waals surface area contributed by atoms with Gasteiger partial charge in [0.05, 0.1) is 5.92 Å². The van der Waals surface area contributed by atoms with Crippen molar-refractivity contribution in [3.8, 4) is 11.1 Å². The lowest BCUT2D eigenvalue weighted by atomic mass is 9.83. The molecule has 2 aromatic rings. The molecule has 3 atom stereocenters. The van der Waals surface area contributed by atoms with Crippen molar-refractivity contribution >= 4 is 18.0 Å². The van der Waals surface area contributed by atoms with E-state index in [9.17, 15) is 19.5 Å². The lowest BCUT2D eigenvalue weighted by Crippen LogP contribution is -2.51. The average molecular weight is 479 g/mol. The molecule has 0 unspecified atom stereocenters. The van der Waals surface area contributed by atoms with Crippen molar-refractivity contribution in [3.05, 3.63) is 59.7 Å². The number of carbonyl (C=O) groups is 3. The van der Waals surface area contributed by atoms with Crippen molar-refractivity contribution in [2.24, 2.45) is 5.92 Å². The first-order chi connectivity index (χ1) is 17.0. The van der Waals surface area contributed by atoms with Gasteiger partial charge < -0.3 is 20.5 Å². The third kappa shape index (κ3) is 5.66. The van der Waals surface area contributed by atoms with E-state index in [1.807, 2.05) is 31.2 Å². The van der Waals surface area contributed by atoms with Gasteiger partial charge >= 0.3 is 12.1 Å². The number of carboxylic acids is 1. The number of ether oxygens (including phenoxy) is 1.